The third-order valence-electron chi connectivity index (χ3n) is 6.31. The lowest BCUT2D eigenvalue weighted by Crippen LogP contribution is -2.05. The Balaban J connectivity index is 1.50. The van der Waals surface area contributed by atoms with Gasteiger partial charge in [-0.3, -0.25) is 4.57 Å². The molecule has 0 atom stereocenters. The number of benzene rings is 5. The number of para-hydroxylation sites is 1. The maximum atomic E-state index is 6.36. The quantitative estimate of drug-likeness (QED) is 0.269. The molecule has 31 heavy (non-hydrogen) atoms. The second-order valence-electron chi connectivity index (χ2n) is 8.09. The van der Waals surface area contributed by atoms with Crippen LogP contribution >= 0.6 is 0 Å². The van der Waals surface area contributed by atoms with Gasteiger partial charge in [-0.1, -0.05) is 60.7 Å². The molecule has 6 aromatic rings. The van der Waals surface area contributed by atoms with Crippen molar-refractivity contribution in [2.45, 2.75) is 6.92 Å². The van der Waals surface area contributed by atoms with Gasteiger partial charge in [0.25, 0.3) is 0 Å². The van der Waals surface area contributed by atoms with Crippen LogP contribution in [0.25, 0.3) is 49.4 Å². The number of rotatable bonds is 1. The number of ether oxygens (including phenoxy) is 1. The van der Waals surface area contributed by atoms with E-state index in [1.165, 1.54) is 27.1 Å². The molecule has 0 bridgehead atoms. The molecule has 1 aromatic heterocycles. The summed E-state index contributed by atoms with van der Waals surface area (Å²) in [6.45, 7) is 2.05. The van der Waals surface area contributed by atoms with Crippen LogP contribution in [0.5, 0.6) is 11.5 Å². The summed E-state index contributed by atoms with van der Waals surface area (Å²) in [6, 6.07) is 32.1. The minimum absolute atomic E-state index is 0.853. The second kappa shape index (κ2) is 5.96. The smallest absolute Gasteiger partial charge is 0.153 e. The van der Waals surface area contributed by atoms with Crippen LogP contribution in [-0.2, 0) is 0 Å². The third-order valence-corrected chi connectivity index (χ3v) is 6.31. The molecule has 0 saturated heterocycles. The third kappa shape index (κ3) is 2.26. The lowest BCUT2D eigenvalue weighted by atomic mass is 9.93. The van der Waals surface area contributed by atoms with Gasteiger partial charge in [0.1, 0.15) is 11.3 Å². The van der Waals surface area contributed by atoms with Gasteiger partial charge in [-0.05, 0) is 69.9 Å². The summed E-state index contributed by atoms with van der Waals surface area (Å²) in [6.07, 6.45) is 0. The number of aromatic nitrogens is 2. The topological polar surface area (TPSA) is 27.1 Å². The molecule has 0 N–H and O–H groups in total. The SMILES string of the molecule is Cc1nc2cccc3c2n1-c1ccc(-c2cc4ccccc4c4ccccc24)cc1O3. The zero-order valence-corrected chi connectivity index (χ0v) is 17.0. The van der Waals surface area contributed by atoms with Gasteiger partial charge in [-0.25, -0.2) is 4.98 Å². The standard InChI is InChI=1S/C28H18N2O/c1-17-29-24-11-6-12-26-28(24)30(17)25-14-13-19(16-27(25)31-26)23-15-18-7-2-3-8-20(18)21-9-4-5-10-22(21)23/h2-16H,1H3. The Labute approximate surface area is 179 Å². The average molecular weight is 398 g/mol. The van der Waals surface area contributed by atoms with E-state index in [4.69, 9.17) is 9.72 Å². The summed E-state index contributed by atoms with van der Waals surface area (Å²) in [7, 11) is 0. The molecule has 1 aliphatic rings. The molecular formula is C28H18N2O. The van der Waals surface area contributed by atoms with E-state index in [-0.39, 0.29) is 0 Å². The van der Waals surface area contributed by atoms with E-state index in [9.17, 15) is 0 Å². The van der Waals surface area contributed by atoms with Crippen molar-refractivity contribution in [2.75, 3.05) is 0 Å². The summed E-state index contributed by atoms with van der Waals surface area (Å²) >= 11 is 0. The van der Waals surface area contributed by atoms with Gasteiger partial charge < -0.3 is 4.74 Å². The molecule has 3 nitrogen and oxygen atoms in total. The first-order valence-electron chi connectivity index (χ1n) is 10.5. The normalized spacial score (nSPS) is 12.3. The van der Waals surface area contributed by atoms with E-state index >= 15 is 0 Å². The average Bonchev–Trinajstić information content (AvgIpc) is 3.16. The fourth-order valence-electron chi connectivity index (χ4n) is 4.95. The molecule has 2 heterocycles. The molecule has 0 saturated carbocycles. The van der Waals surface area contributed by atoms with Crippen LogP contribution in [0.4, 0.5) is 0 Å². The summed E-state index contributed by atoms with van der Waals surface area (Å²) in [5.41, 5.74) is 5.40. The van der Waals surface area contributed by atoms with Crippen LogP contribution in [0.15, 0.2) is 91.0 Å². The Kier molecular flexibility index (Phi) is 3.20. The first-order valence-corrected chi connectivity index (χ1v) is 10.5. The van der Waals surface area contributed by atoms with E-state index < -0.39 is 0 Å². The van der Waals surface area contributed by atoms with Gasteiger partial charge in [0.2, 0.25) is 0 Å². The van der Waals surface area contributed by atoms with Crippen LogP contribution in [0, 0.1) is 6.92 Å². The first-order chi connectivity index (χ1) is 15.3. The van der Waals surface area contributed by atoms with Crippen LogP contribution < -0.4 is 4.74 Å². The van der Waals surface area contributed by atoms with Crippen LogP contribution in [0.2, 0.25) is 0 Å². The van der Waals surface area contributed by atoms with Crippen LogP contribution in [0.1, 0.15) is 5.82 Å². The molecule has 0 radical (unpaired) electrons. The highest BCUT2D eigenvalue weighted by Gasteiger charge is 2.23. The van der Waals surface area contributed by atoms with Gasteiger partial charge in [0, 0.05) is 0 Å². The Morgan fingerprint density at radius 1 is 0.710 bits per heavy atom. The van der Waals surface area contributed by atoms with E-state index in [0.717, 1.165) is 39.6 Å². The van der Waals surface area contributed by atoms with Crippen molar-refractivity contribution in [1.82, 2.24) is 9.55 Å². The minimum atomic E-state index is 0.853. The van der Waals surface area contributed by atoms with E-state index in [0.29, 0.717) is 0 Å². The lowest BCUT2D eigenvalue weighted by molar-refractivity contribution is 0.475. The molecule has 3 heteroatoms. The number of fused-ring (bicyclic) bond motifs is 5. The van der Waals surface area contributed by atoms with Crippen molar-refractivity contribution in [3.63, 3.8) is 0 Å². The van der Waals surface area contributed by atoms with Crippen molar-refractivity contribution >= 4 is 32.6 Å². The van der Waals surface area contributed by atoms with Gasteiger partial charge in [0.15, 0.2) is 11.5 Å². The molecular weight excluding hydrogens is 380 g/mol. The number of hydrogen-bond donors (Lipinski definition) is 0. The summed E-state index contributed by atoms with van der Waals surface area (Å²) in [5, 5.41) is 5.04. The van der Waals surface area contributed by atoms with Crippen molar-refractivity contribution in [2.24, 2.45) is 0 Å². The minimum Gasteiger partial charge on any atom is -0.453 e. The fraction of sp³-hybridized carbons (Fsp3) is 0.0357. The zero-order chi connectivity index (χ0) is 20.5. The number of imidazole rings is 1. The predicted octanol–water partition coefficient (Wildman–Crippen LogP) is 7.41. The van der Waals surface area contributed by atoms with Crippen molar-refractivity contribution < 1.29 is 4.74 Å². The van der Waals surface area contributed by atoms with E-state index in [1.807, 2.05) is 25.1 Å². The van der Waals surface area contributed by atoms with Crippen LogP contribution in [0.3, 0.4) is 0 Å². The Bertz CT molecular complexity index is 1680. The van der Waals surface area contributed by atoms with Gasteiger partial charge in [0.05, 0.1) is 11.2 Å². The number of aryl methyl sites for hydroxylation is 1. The fourth-order valence-corrected chi connectivity index (χ4v) is 4.95. The molecule has 0 aliphatic carbocycles. The molecule has 0 amide bonds. The van der Waals surface area contributed by atoms with Gasteiger partial charge in [-0.2, -0.15) is 0 Å². The second-order valence-corrected chi connectivity index (χ2v) is 8.09. The zero-order valence-electron chi connectivity index (χ0n) is 17.0. The molecule has 0 spiro atoms. The molecule has 5 aromatic carbocycles. The van der Waals surface area contributed by atoms with Gasteiger partial charge >= 0.3 is 0 Å². The van der Waals surface area contributed by atoms with Gasteiger partial charge in [-0.15, -0.1) is 0 Å². The molecule has 146 valence electrons. The number of nitrogens with zero attached hydrogens (tertiary/aromatic N) is 2. The summed E-state index contributed by atoms with van der Waals surface area (Å²) in [5.74, 6) is 2.68. The summed E-state index contributed by atoms with van der Waals surface area (Å²) in [4.78, 5) is 4.72. The van der Waals surface area contributed by atoms with E-state index in [1.54, 1.807) is 0 Å². The monoisotopic (exact) mass is 398 g/mol. The summed E-state index contributed by atoms with van der Waals surface area (Å²) < 4.78 is 8.56. The Hall–Kier alpha value is -4.11. The highest BCUT2D eigenvalue weighted by molar-refractivity contribution is 6.13. The predicted molar refractivity (Wildman–Crippen MR) is 126 cm³/mol. The van der Waals surface area contributed by atoms with Crippen molar-refractivity contribution in [3.05, 3.63) is 96.8 Å². The van der Waals surface area contributed by atoms with Crippen molar-refractivity contribution in [1.29, 1.82) is 0 Å². The first kappa shape index (κ1) is 16.7. The maximum absolute atomic E-state index is 6.36. The largest absolute Gasteiger partial charge is 0.453 e. The maximum Gasteiger partial charge on any atom is 0.153 e. The van der Waals surface area contributed by atoms with Crippen LogP contribution in [-0.4, -0.2) is 9.55 Å². The van der Waals surface area contributed by atoms with Crippen molar-refractivity contribution in [3.8, 4) is 28.3 Å². The molecule has 0 unspecified atom stereocenters. The molecule has 0 fully saturated rings. The molecule has 7 rings (SSSR count). The number of hydrogen-bond acceptors (Lipinski definition) is 2. The van der Waals surface area contributed by atoms with E-state index in [2.05, 4.69) is 77.4 Å². The Morgan fingerprint density at radius 3 is 2.42 bits per heavy atom. The molecule has 1 aliphatic heterocycles. The highest BCUT2D eigenvalue weighted by Crippen LogP contribution is 2.44. The Morgan fingerprint density at radius 2 is 1.52 bits per heavy atom. The highest BCUT2D eigenvalue weighted by atomic mass is 16.5. The lowest BCUT2D eigenvalue weighted by Gasteiger charge is -2.21.